The number of anilines is 2. The van der Waals surface area contributed by atoms with Crippen LogP contribution in [0.5, 0.6) is 0 Å². The van der Waals surface area contributed by atoms with E-state index in [1.165, 1.54) is 0 Å². The highest BCUT2D eigenvalue weighted by molar-refractivity contribution is 5.96. The molecule has 3 aromatic carbocycles. The van der Waals surface area contributed by atoms with Crippen molar-refractivity contribution in [3.05, 3.63) is 92.8 Å². The fraction of sp³-hybridized carbons (Fsp3) is 0.0435. The summed E-state index contributed by atoms with van der Waals surface area (Å²) < 4.78 is 10.9. The molecular weight excluding hydrogens is 398 g/mol. The molecule has 0 amide bonds. The van der Waals surface area contributed by atoms with Crippen LogP contribution in [-0.4, -0.2) is 9.91 Å². The van der Waals surface area contributed by atoms with Crippen molar-refractivity contribution in [3.63, 3.8) is 0 Å². The Hall–Kier alpha value is -4.46. The molecule has 5 aromatic rings. The van der Waals surface area contributed by atoms with Crippen LogP contribution in [0.15, 0.2) is 80.4 Å². The maximum atomic E-state index is 12.2. The van der Waals surface area contributed by atoms with Gasteiger partial charge in [-0.2, -0.15) is 0 Å². The Labute approximate surface area is 174 Å². The minimum absolute atomic E-state index is 0.0851. The van der Waals surface area contributed by atoms with Crippen LogP contribution in [0.4, 0.5) is 17.1 Å². The molecule has 0 aliphatic rings. The summed E-state index contributed by atoms with van der Waals surface area (Å²) in [4.78, 5) is 27.5. The Bertz CT molecular complexity index is 1520. The van der Waals surface area contributed by atoms with Crippen molar-refractivity contribution < 1.29 is 13.8 Å². The lowest BCUT2D eigenvalue weighted by atomic mass is 10.1. The van der Waals surface area contributed by atoms with Gasteiger partial charge in [0.25, 0.3) is 0 Å². The number of oxazole rings is 1. The number of hydrogen-bond acceptors (Lipinski definition) is 7. The van der Waals surface area contributed by atoms with Gasteiger partial charge < -0.3 is 14.2 Å². The van der Waals surface area contributed by atoms with E-state index in [1.807, 2.05) is 25.1 Å². The lowest BCUT2D eigenvalue weighted by Crippen LogP contribution is -2.10. The lowest BCUT2D eigenvalue weighted by molar-refractivity contribution is -0.386. The van der Waals surface area contributed by atoms with Crippen molar-refractivity contribution >= 4 is 39.1 Å². The summed E-state index contributed by atoms with van der Waals surface area (Å²) in [6.45, 7) is 1.99. The number of aromatic nitrogens is 1. The van der Waals surface area contributed by atoms with Gasteiger partial charge in [-0.1, -0.05) is 18.2 Å². The SMILES string of the molecule is Cc1ccc2oc(-c3ccc(Nc4c([N+](=O)[O-])c(=O)oc5ccccc45)cc3)nc2c1. The molecule has 0 saturated carbocycles. The third kappa shape index (κ3) is 3.29. The largest absolute Gasteiger partial charge is 0.436 e. The summed E-state index contributed by atoms with van der Waals surface area (Å²) in [5.74, 6) is 0.476. The summed E-state index contributed by atoms with van der Waals surface area (Å²) in [5, 5.41) is 14.9. The number of nitrogens with zero attached hydrogens (tertiary/aromatic N) is 2. The van der Waals surface area contributed by atoms with Crippen molar-refractivity contribution in [2.45, 2.75) is 6.92 Å². The van der Waals surface area contributed by atoms with Crippen LogP contribution in [0, 0.1) is 17.0 Å². The molecule has 5 rings (SSSR count). The molecule has 0 fully saturated rings. The van der Waals surface area contributed by atoms with E-state index in [1.54, 1.807) is 48.5 Å². The van der Waals surface area contributed by atoms with Gasteiger partial charge in [-0.25, -0.2) is 9.78 Å². The summed E-state index contributed by atoms with van der Waals surface area (Å²) >= 11 is 0. The third-order valence-corrected chi connectivity index (χ3v) is 4.92. The molecule has 2 heterocycles. The van der Waals surface area contributed by atoms with E-state index in [-0.39, 0.29) is 11.3 Å². The van der Waals surface area contributed by atoms with E-state index in [0.29, 0.717) is 22.5 Å². The summed E-state index contributed by atoms with van der Waals surface area (Å²) in [7, 11) is 0. The van der Waals surface area contributed by atoms with Crippen LogP contribution < -0.4 is 10.9 Å². The maximum Gasteiger partial charge on any atom is 0.417 e. The zero-order valence-electron chi connectivity index (χ0n) is 16.3. The molecule has 0 radical (unpaired) electrons. The fourth-order valence-corrected chi connectivity index (χ4v) is 3.43. The Morgan fingerprint density at radius 1 is 0.968 bits per heavy atom. The molecule has 0 aliphatic heterocycles. The van der Waals surface area contributed by atoms with Crippen LogP contribution in [0.25, 0.3) is 33.5 Å². The predicted molar refractivity (Wildman–Crippen MR) is 117 cm³/mol. The summed E-state index contributed by atoms with van der Waals surface area (Å²) in [6, 6.07) is 19.5. The van der Waals surface area contributed by atoms with Gasteiger partial charge in [0.1, 0.15) is 16.8 Å². The van der Waals surface area contributed by atoms with E-state index >= 15 is 0 Å². The topological polar surface area (TPSA) is 111 Å². The molecule has 8 heteroatoms. The normalized spacial score (nSPS) is 11.1. The Balaban J connectivity index is 1.54. The Kier molecular flexibility index (Phi) is 4.25. The first-order valence-electron chi connectivity index (χ1n) is 9.44. The van der Waals surface area contributed by atoms with Gasteiger partial charge in [-0.3, -0.25) is 10.1 Å². The predicted octanol–water partition coefficient (Wildman–Crippen LogP) is 5.56. The number of nitro groups is 1. The van der Waals surface area contributed by atoms with E-state index < -0.39 is 16.2 Å². The van der Waals surface area contributed by atoms with Gasteiger partial charge >= 0.3 is 11.3 Å². The first kappa shape index (κ1) is 18.6. The smallest absolute Gasteiger partial charge is 0.417 e. The lowest BCUT2D eigenvalue weighted by Gasteiger charge is -2.09. The molecule has 1 N–H and O–H groups in total. The second-order valence-corrected chi connectivity index (χ2v) is 7.06. The Morgan fingerprint density at radius 2 is 1.74 bits per heavy atom. The Morgan fingerprint density at radius 3 is 2.52 bits per heavy atom. The van der Waals surface area contributed by atoms with Gasteiger partial charge in [0, 0.05) is 16.6 Å². The number of nitrogens with one attached hydrogen (secondary N) is 1. The summed E-state index contributed by atoms with van der Waals surface area (Å²) in [6.07, 6.45) is 0. The molecule has 152 valence electrons. The molecule has 0 unspecified atom stereocenters. The minimum atomic E-state index is -1.01. The highest BCUT2D eigenvalue weighted by atomic mass is 16.6. The standard InChI is InChI=1S/C23H15N3O5/c1-13-6-11-19-17(12-13)25-22(30-19)14-7-9-15(10-8-14)24-20-16-4-2-3-5-18(16)31-23(27)21(20)26(28)29/h2-12,24H,1H3. The minimum Gasteiger partial charge on any atom is -0.436 e. The number of hydrogen-bond donors (Lipinski definition) is 1. The van der Waals surface area contributed by atoms with Crippen LogP contribution >= 0.6 is 0 Å². The number of aryl methyl sites for hydroxylation is 1. The molecule has 31 heavy (non-hydrogen) atoms. The van der Waals surface area contributed by atoms with E-state index in [4.69, 9.17) is 8.83 Å². The highest BCUT2D eigenvalue weighted by Gasteiger charge is 2.24. The number of benzene rings is 3. The van der Waals surface area contributed by atoms with Crippen LogP contribution in [0.3, 0.4) is 0 Å². The average Bonchev–Trinajstić information content (AvgIpc) is 3.17. The van der Waals surface area contributed by atoms with Gasteiger partial charge in [-0.05, 0) is 61.0 Å². The average molecular weight is 413 g/mol. The zero-order valence-corrected chi connectivity index (χ0v) is 16.3. The summed E-state index contributed by atoms with van der Waals surface area (Å²) in [5.41, 5.74) is 2.58. The maximum absolute atomic E-state index is 12.2. The van der Waals surface area contributed by atoms with Gasteiger partial charge in [0.05, 0.1) is 4.92 Å². The van der Waals surface area contributed by atoms with Crippen LogP contribution in [-0.2, 0) is 0 Å². The van der Waals surface area contributed by atoms with Crippen molar-refractivity contribution in [1.29, 1.82) is 0 Å². The van der Waals surface area contributed by atoms with Crippen molar-refractivity contribution in [2.75, 3.05) is 5.32 Å². The quantitative estimate of drug-likeness (QED) is 0.233. The van der Waals surface area contributed by atoms with Crippen molar-refractivity contribution in [1.82, 2.24) is 4.98 Å². The number of para-hydroxylation sites is 1. The van der Waals surface area contributed by atoms with Crippen molar-refractivity contribution in [2.24, 2.45) is 0 Å². The zero-order chi connectivity index (χ0) is 21.5. The van der Waals surface area contributed by atoms with Crippen molar-refractivity contribution in [3.8, 4) is 11.5 Å². The van der Waals surface area contributed by atoms with Crippen LogP contribution in [0.2, 0.25) is 0 Å². The first-order valence-corrected chi connectivity index (χ1v) is 9.44. The second kappa shape index (κ2) is 7.10. The van der Waals surface area contributed by atoms with Gasteiger partial charge in [-0.15, -0.1) is 0 Å². The molecular formula is C23H15N3O5. The van der Waals surface area contributed by atoms with E-state index in [0.717, 1.165) is 16.6 Å². The second-order valence-electron chi connectivity index (χ2n) is 7.06. The monoisotopic (exact) mass is 413 g/mol. The molecule has 2 aromatic heterocycles. The molecule has 0 aliphatic carbocycles. The molecule has 8 nitrogen and oxygen atoms in total. The van der Waals surface area contributed by atoms with E-state index in [9.17, 15) is 14.9 Å². The van der Waals surface area contributed by atoms with E-state index in [2.05, 4.69) is 10.3 Å². The first-order chi connectivity index (χ1) is 15.0. The van der Waals surface area contributed by atoms with Crippen LogP contribution in [0.1, 0.15) is 5.56 Å². The van der Waals surface area contributed by atoms with Gasteiger partial charge in [0.15, 0.2) is 5.58 Å². The highest BCUT2D eigenvalue weighted by Crippen LogP contribution is 2.33. The number of fused-ring (bicyclic) bond motifs is 2. The molecule has 0 atom stereocenters. The number of rotatable bonds is 4. The molecule has 0 saturated heterocycles. The molecule has 0 bridgehead atoms. The molecule has 0 spiro atoms. The fourth-order valence-electron chi connectivity index (χ4n) is 3.43. The van der Waals surface area contributed by atoms with Gasteiger partial charge in [0.2, 0.25) is 5.89 Å². The third-order valence-electron chi connectivity index (χ3n) is 4.92.